The predicted molar refractivity (Wildman–Crippen MR) is 37.3 cm³/mol. The van der Waals surface area contributed by atoms with Crippen molar-refractivity contribution in [2.75, 3.05) is 14.2 Å². The minimum absolute atomic E-state index is 0.286. The molecule has 0 spiro atoms. The molecule has 1 aromatic rings. The van der Waals surface area contributed by atoms with Crippen molar-refractivity contribution < 1.29 is 13.9 Å². The molecule has 0 bridgehead atoms. The first-order valence-electron chi connectivity index (χ1n) is 3.01. The summed E-state index contributed by atoms with van der Waals surface area (Å²) in [5.41, 5.74) is 0. The second-order valence-corrected chi connectivity index (χ2v) is 1.87. The van der Waals surface area contributed by atoms with Gasteiger partial charge in [-0.1, -0.05) is 0 Å². The molecule has 11 heavy (non-hydrogen) atoms. The van der Waals surface area contributed by atoms with Crippen LogP contribution in [0.4, 0.5) is 4.39 Å². The smallest absolute Gasteiger partial charge is 0.256 e. The van der Waals surface area contributed by atoms with Gasteiger partial charge in [-0.05, 0) is 0 Å². The first-order chi connectivity index (χ1) is 5.27. The Morgan fingerprint density at radius 2 is 2.09 bits per heavy atom. The molecule has 4 heteroatoms. The lowest BCUT2D eigenvalue weighted by molar-refractivity contribution is 0.339. The Balaban J connectivity index is 3.06. The molecule has 0 N–H and O–H groups in total. The van der Waals surface area contributed by atoms with Gasteiger partial charge >= 0.3 is 0 Å². The fourth-order valence-corrected chi connectivity index (χ4v) is 0.708. The summed E-state index contributed by atoms with van der Waals surface area (Å²) in [6, 6.07) is 1.21. The van der Waals surface area contributed by atoms with Crippen molar-refractivity contribution in [3.05, 3.63) is 18.1 Å². The van der Waals surface area contributed by atoms with E-state index in [4.69, 9.17) is 9.47 Å². The Bertz CT molecular complexity index is 252. The molecule has 1 rings (SSSR count). The summed E-state index contributed by atoms with van der Waals surface area (Å²) < 4.78 is 22.1. The van der Waals surface area contributed by atoms with Gasteiger partial charge in [0.1, 0.15) is 5.82 Å². The fourth-order valence-electron chi connectivity index (χ4n) is 0.708. The molecule has 0 saturated heterocycles. The highest BCUT2D eigenvalue weighted by Gasteiger charge is 2.04. The quantitative estimate of drug-likeness (QED) is 0.647. The third kappa shape index (κ3) is 1.58. The number of hydrogen-bond donors (Lipinski definition) is 0. The summed E-state index contributed by atoms with van der Waals surface area (Å²) in [6.07, 6.45) is 1.07. The van der Waals surface area contributed by atoms with Crippen molar-refractivity contribution in [2.24, 2.45) is 0 Å². The Hall–Kier alpha value is -1.32. The molecule has 0 fully saturated rings. The highest BCUT2D eigenvalue weighted by molar-refractivity contribution is 5.32. The van der Waals surface area contributed by atoms with Crippen LogP contribution in [0.1, 0.15) is 0 Å². The lowest BCUT2D eigenvalue weighted by atomic mass is 10.4. The topological polar surface area (TPSA) is 31.4 Å². The van der Waals surface area contributed by atoms with E-state index in [1.807, 2.05) is 0 Å². The Morgan fingerprint density at radius 1 is 1.36 bits per heavy atom. The minimum Gasteiger partial charge on any atom is -0.491 e. The summed E-state index contributed by atoms with van der Waals surface area (Å²) in [4.78, 5) is 3.65. The van der Waals surface area contributed by atoms with E-state index in [9.17, 15) is 4.39 Å². The van der Waals surface area contributed by atoms with Crippen molar-refractivity contribution >= 4 is 0 Å². The van der Waals surface area contributed by atoms with E-state index in [0.29, 0.717) is 5.75 Å². The van der Waals surface area contributed by atoms with Gasteiger partial charge in [-0.25, -0.2) is 9.37 Å². The van der Waals surface area contributed by atoms with Gasteiger partial charge in [0.25, 0.3) is 5.88 Å². The SMILES string of the molecule is COc1cc(F)cnc1OC. The molecule has 0 amide bonds. The van der Waals surface area contributed by atoms with E-state index in [0.717, 1.165) is 6.20 Å². The fraction of sp³-hybridized carbons (Fsp3) is 0.286. The number of methoxy groups -OCH3 is 2. The Morgan fingerprint density at radius 3 is 2.64 bits per heavy atom. The highest BCUT2D eigenvalue weighted by atomic mass is 19.1. The lowest BCUT2D eigenvalue weighted by Crippen LogP contribution is -1.93. The van der Waals surface area contributed by atoms with Crippen LogP contribution in [0.2, 0.25) is 0 Å². The molecule has 1 heterocycles. The molecule has 3 nitrogen and oxygen atoms in total. The number of rotatable bonds is 2. The maximum absolute atomic E-state index is 12.5. The summed E-state index contributed by atoms with van der Waals surface area (Å²) in [5.74, 6) is 0.143. The van der Waals surface area contributed by atoms with Gasteiger partial charge in [0.2, 0.25) is 0 Å². The molecule has 0 unspecified atom stereocenters. The van der Waals surface area contributed by atoms with Crippen LogP contribution in [-0.4, -0.2) is 19.2 Å². The maximum Gasteiger partial charge on any atom is 0.256 e. The first-order valence-corrected chi connectivity index (χ1v) is 3.01. The highest BCUT2D eigenvalue weighted by Crippen LogP contribution is 2.23. The number of hydrogen-bond acceptors (Lipinski definition) is 3. The van der Waals surface area contributed by atoms with Gasteiger partial charge in [-0.15, -0.1) is 0 Å². The van der Waals surface area contributed by atoms with Gasteiger partial charge in [-0.3, -0.25) is 0 Å². The molecule has 0 atom stereocenters. The second kappa shape index (κ2) is 3.18. The zero-order chi connectivity index (χ0) is 8.27. The molecular weight excluding hydrogens is 149 g/mol. The number of aromatic nitrogens is 1. The van der Waals surface area contributed by atoms with Crippen LogP contribution in [0.5, 0.6) is 11.6 Å². The van der Waals surface area contributed by atoms with Crippen LogP contribution in [0.25, 0.3) is 0 Å². The molecule has 1 aromatic heterocycles. The van der Waals surface area contributed by atoms with Crippen molar-refractivity contribution in [3.63, 3.8) is 0 Å². The summed E-state index contributed by atoms with van der Waals surface area (Å²) in [7, 11) is 2.88. The van der Waals surface area contributed by atoms with Crippen LogP contribution in [0.3, 0.4) is 0 Å². The molecule has 0 aliphatic heterocycles. The first kappa shape index (κ1) is 7.78. The molecule has 0 saturated carbocycles. The normalized spacial score (nSPS) is 9.36. The molecular formula is C7H8FNO2. The van der Waals surface area contributed by atoms with Crippen LogP contribution >= 0.6 is 0 Å². The van der Waals surface area contributed by atoms with E-state index in [1.54, 1.807) is 0 Å². The van der Waals surface area contributed by atoms with Gasteiger partial charge < -0.3 is 9.47 Å². The average molecular weight is 157 g/mol. The van der Waals surface area contributed by atoms with E-state index in [2.05, 4.69) is 4.98 Å². The maximum atomic E-state index is 12.5. The average Bonchev–Trinajstić information content (AvgIpc) is 2.04. The monoisotopic (exact) mass is 157 g/mol. The van der Waals surface area contributed by atoms with Crippen molar-refractivity contribution in [3.8, 4) is 11.6 Å². The number of nitrogens with zero attached hydrogens (tertiary/aromatic N) is 1. The van der Waals surface area contributed by atoms with E-state index < -0.39 is 5.82 Å². The van der Waals surface area contributed by atoms with Crippen LogP contribution in [0.15, 0.2) is 12.3 Å². The Kier molecular flexibility index (Phi) is 2.25. The van der Waals surface area contributed by atoms with E-state index in [-0.39, 0.29) is 5.88 Å². The molecule has 0 aliphatic carbocycles. The summed E-state index contributed by atoms with van der Waals surface area (Å²) in [6.45, 7) is 0. The van der Waals surface area contributed by atoms with Gasteiger partial charge in [0.05, 0.1) is 20.4 Å². The summed E-state index contributed by atoms with van der Waals surface area (Å²) in [5, 5.41) is 0. The number of pyridine rings is 1. The Labute approximate surface area is 63.8 Å². The van der Waals surface area contributed by atoms with Crippen molar-refractivity contribution in [1.29, 1.82) is 0 Å². The van der Waals surface area contributed by atoms with E-state index in [1.165, 1.54) is 20.3 Å². The third-order valence-corrected chi connectivity index (χ3v) is 1.20. The standard InChI is InChI=1S/C7H8FNO2/c1-10-6-3-5(8)4-9-7(6)11-2/h3-4H,1-2H3. The minimum atomic E-state index is -0.442. The van der Waals surface area contributed by atoms with E-state index >= 15 is 0 Å². The third-order valence-electron chi connectivity index (χ3n) is 1.20. The zero-order valence-corrected chi connectivity index (χ0v) is 6.30. The molecule has 60 valence electrons. The van der Waals surface area contributed by atoms with Gasteiger partial charge in [-0.2, -0.15) is 0 Å². The zero-order valence-electron chi connectivity index (χ0n) is 6.30. The molecule has 0 aromatic carbocycles. The summed E-state index contributed by atoms with van der Waals surface area (Å²) >= 11 is 0. The van der Waals surface area contributed by atoms with Gasteiger partial charge in [0.15, 0.2) is 5.75 Å². The number of halogens is 1. The van der Waals surface area contributed by atoms with Crippen LogP contribution < -0.4 is 9.47 Å². The van der Waals surface area contributed by atoms with Crippen molar-refractivity contribution in [1.82, 2.24) is 4.98 Å². The van der Waals surface area contributed by atoms with Crippen molar-refractivity contribution in [2.45, 2.75) is 0 Å². The predicted octanol–water partition coefficient (Wildman–Crippen LogP) is 1.24. The van der Waals surface area contributed by atoms with Gasteiger partial charge in [0, 0.05) is 6.07 Å². The molecule has 0 aliphatic rings. The largest absolute Gasteiger partial charge is 0.491 e. The lowest BCUT2D eigenvalue weighted by Gasteiger charge is -2.04. The number of ether oxygens (including phenoxy) is 2. The van der Waals surface area contributed by atoms with Crippen LogP contribution in [0, 0.1) is 5.82 Å². The van der Waals surface area contributed by atoms with Crippen LogP contribution in [-0.2, 0) is 0 Å². The second-order valence-electron chi connectivity index (χ2n) is 1.87. The molecule has 0 radical (unpaired) electrons.